The molecule has 1 amide bonds. The van der Waals surface area contributed by atoms with Crippen LogP contribution in [0.5, 0.6) is 0 Å². The Morgan fingerprint density at radius 1 is 1.31 bits per heavy atom. The van der Waals surface area contributed by atoms with E-state index in [-0.39, 0.29) is 43.0 Å². The summed E-state index contributed by atoms with van der Waals surface area (Å²) in [5, 5.41) is 12.8. The fourth-order valence-electron chi connectivity index (χ4n) is 5.27. The average molecular weight is 502 g/mol. The summed E-state index contributed by atoms with van der Waals surface area (Å²) in [5.41, 5.74) is 2.48. The Morgan fingerprint density at radius 3 is 2.81 bits per heavy atom. The van der Waals surface area contributed by atoms with Gasteiger partial charge in [0.25, 0.3) is 0 Å². The number of nitrogens with one attached hydrogen (secondary N) is 1. The van der Waals surface area contributed by atoms with Crippen LogP contribution in [0.1, 0.15) is 37.6 Å². The van der Waals surface area contributed by atoms with Crippen LogP contribution >= 0.6 is 0 Å². The zero-order valence-corrected chi connectivity index (χ0v) is 21.6. The number of aliphatic hydroxyl groups is 1. The van der Waals surface area contributed by atoms with Crippen molar-refractivity contribution in [1.82, 2.24) is 20.1 Å². The fourth-order valence-corrected chi connectivity index (χ4v) is 5.27. The number of benzene rings is 1. The van der Waals surface area contributed by atoms with Crippen molar-refractivity contribution >= 4 is 11.6 Å². The van der Waals surface area contributed by atoms with Gasteiger partial charge < -0.3 is 20.2 Å². The summed E-state index contributed by atoms with van der Waals surface area (Å²) >= 11 is 0. The second-order valence-corrected chi connectivity index (χ2v) is 10.9. The predicted molar refractivity (Wildman–Crippen MR) is 136 cm³/mol. The molecule has 36 heavy (non-hydrogen) atoms. The second kappa shape index (κ2) is 10.9. The minimum Gasteiger partial charge on any atom is -0.395 e. The molecular weight excluding hydrogens is 464 g/mol. The molecule has 0 aliphatic carbocycles. The summed E-state index contributed by atoms with van der Waals surface area (Å²) in [6.07, 6.45) is 1.99. The van der Waals surface area contributed by atoms with Gasteiger partial charge in [-0.05, 0) is 37.2 Å². The topological polar surface area (TPSA) is 71.9 Å². The molecule has 9 heteroatoms. The predicted octanol–water partition coefficient (Wildman–Crippen LogP) is 2.16. The van der Waals surface area contributed by atoms with Crippen molar-refractivity contribution in [2.75, 3.05) is 57.8 Å². The number of carbonyl (C=O) groups is 1. The van der Waals surface area contributed by atoms with E-state index in [0.29, 0.717) is 18.7 Å². The van der Waals surface area contributed by atoms with Crippen molar-refractivity contribution in [3.05, 3.63) is 58.9 Å². The molecule has 1 fully saturated rings. The van der Waals surface area contributed by atoms with E-state index in [4.69, 9.17) is 0 Å². The zero-order valence-electron chi connectivity index (χ0n) is 21.6. The summed E-state index contributed by atoms with van der Waals surface area (Å²) in [5.74, 6) is -1.18. The van der Waals surface area contributed by atoms with Crippen molar-refractivity contribution in [1.29, 1.82) is 0 Å². The molecule has 1 aromatic heterocycles. The number of aliphatic hydroxyl groups excluding tert-OH is 1. The van der Waals surface area contributed by atoms with E-state index in [1.807, 2.05) is 18.0 Å². The lowest BCUT2D eigenvalue weighted by Gasteiger charge is -2.41. The molecule has 0 unspecified atom stereocenters. The monoisotopic (exact) mass is 501 g/mol. The number of hydrogen-bond acceptors (Lipinski definition) is 6. The van der Waals surface area contributed by atoms with Crippen molar-refractivity contribution in [3.63, 3.8) is 0 Å². The third-order valence-corrected chi connectivity index (χ3v) is 7.19. The van der Waals surface area contributed by atoms with Crippen LogP contribution in [0, 0.1) is 11.6 Å². The van der Waals surface area contributed by atoms with Crippen LogP contribution in [0.15, 0.2) is 30.5 Å². The Hall–Kier alpha value is -2.46. The molecule has 0 spiro atoms. The Kier molecular flexibility index (Phi) is 8.04. The normalized spacial score (nSPS) is 21.7. The number of pyridine rings is 1. The molecule has 2 atom stereocenters. The van der Waals surface area contributed by atoms with Crippen LogP contribution in [0.4, 0.5) is 14.5 Å². The Balaban J connectivity index is 1.54. The molecule has 196 valence electrons. The summed E-state index contributed by atoms with van der Waals surface area (Å²) in [6, 6.07) is 5.94. The standard InChI is InChI=1S/C27H37F2N5O2/c1-18-14-33(22(13-30-18)15-32(4)7-8-35)16-25(36)34-17-27(2,3)26-24(34)10-19(12-31-26)9-20-5-6-21(28)11-23(20)29/h5-6,10-12,18,22,30,35H,7-9,13-17H2,1-4H3/t18-,22-/m1/s1. The molecule has 0 saturated carbocycles. The van der Waals surface area contributed by atoms with E-state index in [1.165, 1.54) is 12.1 Å². The molecular formula is C27H37F2N5O2. The van der Waals surface area contributed by atoms with Gasteiger partial charge >= 0.3 is 0 Å². The van der Waals surface area contributed by atoms with E-state index in [1.54, 1.807) is 6.20 Å². The first-order chi connectivity index (χ1) is 17.1. The van der Waals surface area contributed by atoms with Gasteiger partial charge in [-0.1, -0.05) is 19.9 Å². The van der Waals surface area contributed by atoms with Crippen molar-refractivity contribution in [2.24, 2.45) is 0 Å². The Labute approximate surface area is 212 Å². The quantitative estimate of drug-likeness (QED) is 0.578. The summed E-state index contributed by atoms with van der Waals surface area (Å²) in [4.78, 5) is 24.5. The molecule has 1 saturated heterocycles. The molecule has 1 aromatic carbocycles. The minimum atomic E-state index is -0.607. The van der Waals surface area contributed by atoms with Crippen LogP contribution in [0.25, 0.3) is 0 Å². The fraction of sp³-hybridized carbons (Fsp3) is 0.556. The van der Waals surface area contributed by atoms with Gasteiger partial charge in [0, 0.05) is 68.9 Å². The number of fused-ring (bicyclic) bond motifs is 1. The van der Waals surface area contributed by atoms with Crippen molar-refractivity contribution in [2.45, 2.75) is 44.7 Å². The smallest absolute Gasteiger partial charge is 0.241 e. The molecule has 7 nitrogen and oxygen atoms in total. The van der Waals surface area contributed by atoms with Gasteiger partial charge in [0.15, 0.2) is 0 Å². The van der Waals surface area contributed by atoms with Crippen LogP contribution < -0.4 is 10.2 Å². The van der Waals surface area contributed by atoms with Crippen molar-refractivity contribution < 1.29 is 18.7 Å². The highest BCUT2D eigenvalue weighted by Crippen LogP contribution is 2.39. The lowest BCUT2D eigenvalue weighted by atomic mass is 9.91. The Morgan fingerprint density at radius 2 is 2.08 bits per heavy atom. The van der Waals surface area contributed by atoms with Gasteiger partial charge in [0.1, 0.15) is 11.6 Å². The van der Waals surface area contributed by atoms with Crippen LogP contribution in [0.2, 0.25) is 0 Å². The summed E-state index contributed by atoms with van der Waals surface area (Å²) in [6.45, 7) is 10.1. The van der Waals surface area contributed by atoms with Gasteiger partial charge in [0.05, 0.1) is 24.5 Å². The number of anilines is 1. The van der Waals surface area contributed by atoms with Gasteiger partial charge in [0.2, 0.25) is 5.91 Å². The molecule has 0 bridgehead atoms. The highest BCUT2D eigenvalue weighted by Gasteiger charge is 2.40. The highest BCUT2D eigenvalue weighted by molar-refractivity contribution is 5.97. The number of nitrogens with zero attached hydrogens (tertiary/aromatic N) is 4. The lowest BCUT2D eigenvalue weighted by molar-refractivity contribution is -0.120. The third kappa shape index (κ3) is 5.91. The second-order valence-electron chi connectivity index (χ2n) is 10.9. The number of aromatic nitrogens is 1. The number of piperazine rings is 1. The number of carbonyl (C=O) groups excluding carboxylic acids is 1. The van der Waals surface area contributed by atoms with Crippen LogP contribution in [-0.2, 0) is 16.6 Å². The maximum Gasteiger partial charge on any atom is 0.241 e. The van der Waals surface area contributed by atoms with Crippen LogP contribution in [-0.4, -0.2) is 90.8 Å². The maximum absolute atomic E-state index is 14.3. The third-order valence-electron chi connectivity index (χ3n) is 7.19. The van der Waals surface area contributed by atoms with Crippen molar-refractivity contribution in [3.8, 4) is 0 Å². The van der Waals surface area contributed by atoms with Gasteiger partial charge in [-0.2, -0.15) is 0 Å². The largest absolute Gasteiger partial charge is 0.395 e. The molecule has 3 heterocycles. The maximum atomic E-state index is 14.3. The number of hydrogen-bond donors (Lipinski definition) is 2. The van der Waals surface area contributed by atoms with E-state index >= 15 is 0 Å². The molecule has 4 rings (SSSR count). The lowest BCUT2D eigenvalue weighted by Crippen LogP contribution is -2.60. The van der Waals surface area contributed by atoms with E-state index in [2.05, 4.69) is 40.9 Å². The SMILES string of the molecule is C[C@@H]1CN(CC(=O)N2CC(C)(C)c3ncc(Cc4ccc(F)cc4F)cc32)[C@@H](CN(C)CCO)CN1. The molecule has 2 aliphatic rings. The van der Waals surface area contributed by atoms with Gasteiger partial charge in [-0.3, -0.25) is 14.7 Å². The minimum absolute atomic E-state index is 0.0117. The first-order valence-electron chi connectivity index (χ1n) is 12.6. The summed E-state index contributed by atoms with van der Waals surface area (Å²) in [7, 11) is 1.98. The molecule has 0 radical (unpaired) electrons. The number of amides is 1. The summed E-state index contributed by atoms with van der Waals surface area (Å²) < 4.78 is 27.6. The van der Waals surface area contributed by atoms with E-state index in [9.17, 15) is 18.7 Å². The molecule has 2 aromatic rings. The number of rotatable bonds is 8. The average Bonchev–Trinajstić information content (AvgIpc) is 3.08. The molecule has 2 N–H and O–H groups in total. The number of likely N-dealkylation sites (N-methyl/N-ethyl adjacent to an activating group) is 1. The molecule has 2 aliphatic heterocycles. The highest BCUT2D eigenvalue weighted by atomic mass is 19.1. The first kappa shape index (κ1) is 26.6. The van der Waals surface area contributed by atoms with E-state index < -0.39 is 11.6 Å². The van der Waals surface area contributed by atoms with Crippen LogP contribution in [0.3, 0.4) is 0 Å². The first-order valence-corrected chi connectivity index (χ1v) is 12.6. The zero-order chi connectivity index (χ0) is 26.0. The Bertz CT molecular complexity index is 1100. The van der Waals surface area contributed by atoms with Gasteiger partial charge in [-0.25, -0.2) is 8.78 Å². The van der Waals surface area contributed by atoms with Gasteiger partial charge in [-0.15, -0.1) is 0 Å². The van der Waals surface area contributed by atoms with E-state index in [0.717, 1.165) is 42.6 Å². The number of halogens is 2.